The van der Waals surface area contributed by atoms with Crippen molar-refractivity contribution in [2.75, 3.05) is 0 Å². The van der Waals surface area contributed by atoms with Gasteiger partial charge in [-0.1, -0.05) is 28.9 Å². The Morgan fingerprint density at radius 1 is 1.39 bits per heavy atom. The summed E-state index contributed by atoms with van der Waals surface area (Å²) >= 11 is 5.94. The second kappa shape index (κ2) is 3.96. The summed E-state index contributed by atoms with van der Waals surface area (Å²) in [5.74, 6) is 0. The summed E-state index contributed by atoms with van der Waals surface area (Å²) < 4.78 is 5.18. The molecule has 5 nitrogen and oxygen atoms in total. The maximum atomic E-state index is 11.7. The first-order chi connectivity index (χ1) is 8.66. The number of fused-ring (bicyclic) bond motifs is 1. The van der Waals surface area contributed by atoms with Gasteiger partial charge in [0.25, 0.3) is 5.56 Å². The summed E-state index contributed by atoms with van der Waals surface area (Å²) in [7, 11) is 0. The summed E-state index contributed by atoms with van der Waals surface area (Å²) in [6.45, 7) is 1.71. The average molecular weight is 262 g/mol. The van der Waals surface area contributed by atoms with Crippen LogP contribution in [0.25, 0.3) is 22.2 Å². The minimum Gasteiger partial charge on any atom is -0.353 e. The molecule has 1 N–H and O–H groups in total. The molecule has 0 fully saturated rings. The first-order valence-corrected chi connectivity index (χ1v) is 5.65. The second-order valence-corrected chi connectivity index (χ2v) is 4.32. The highest BCUT2D eigenvalue weighted by Crippen LogP contribution is 2.27. The summed E-state index contributed by atoms with van der Waals surface area (Å²) in [6, 6.07) is 7.16. The monoisotopic (exact) mass is 261 g/mol. The van der Waals surface area contributed by atoms with Gasteiger partial charge in [0.1, 0.15) is 11.1 Å². The number of rotatable bonds is 1. The number of aryl methyl sites for hydroxylation is 1. The summed E-state index contributed by atoms with van der Waals surface area (Å²) in [6.07, 6.45) is 0. The maximum absolute atomic E-state index is 11.7. The molecule has 1 aromatic carbocycles. The van der Waals surface area contributed by atoms with E-state index in [1.54, 1.807) is 25.1 Å². The zero-order valence-electron chi connectivity index (χ0n) is 9.40. The van der Waals surface area contributed by atoms with Crippen LogP contribution in [0.3, 0.4) is 0 Å². The lowest BCUT2D eigenvalue weighted by molar-refractivity contribution is 0.450. The van der Waals surface area contributed by atoms with E-state index in [0.29, 0.717) is 27.4 Å². The molecule has 0 aliphatic carbocycles. The summed E-state index contributed by atoms with van der Waals surface area (Å²) in [5, 5.41) is 11.2. The van der Waals surface area contributed by atoms with Crippen molar-refractivity contribution in [2.45, 2.75) is 6.92 Å². The topological polar surface area (TPSA) is 71.8 Å². The molecule has 0 spiro atoms. The Balaban J connectivity index is 2.37. The zero-order valence-corrected chi connectivity index (χ0v) is 10.2. The van der Waals surface area contributed by atoms with Crippen molar-refractivity contribution in [3.05, 3.63) is 45.3 Å². The third kappa shape index (κ3) is 1.60. The maximum Gasteiger partial charge on any atom is 0.277 e. The predicted octanol–water partition coefficient (Wildman–Crippen LogP) is 2.54. The van der Waals surface area contributed by atoms with E-state index in [9.17, 15) is 4.79 Å². The molecule has 2 heterocycles. The Labute approximate surface area is 106 Å². The first kappa shape index (κ1) is 11.0. The number of hydrogen-bond acceptors (Lipinski definition) is 4. The molecule has 18 heavy (non-hydrogen) atoms. The Hall–Kier alpha value is -2.14. The van der Waals surface area contributed by atoms with Gasteiger partial charge in [0.2, 0.25) is 5.58 Å². The number of nitrogens with zero attached hydrogens (tertiary/aromatic N) is 2. The van der Waals surface area contributed by atoms with Crippen LogP contribution >= 0.6 is 11.6 Å². The Bertz CT molecular complexity index is 791. The van der Waals surface area contributed by atoms with E-state index < -0.39 is 0 Å². The average Bonchev–Trinajstić information content (AvgIpc) is 2.73. The third-order valence-electron chi connectivity index (χ3n) is 2.67. The predicted molar refractivity (Wildman–Crippen MR) is 67.6 cm³/mol. The number of halogens is 1. The lowest BCUT2D eigenvalue weighted by Gasteiger charge is -2.00. The van der Waals surface area contributed by atoms with Crippen molar-refractivity contribution >= 4 is 22.6 Å². The highest BCUT2D eigenvalue weighted by Gasteiger charge is 2.15. The summed E-state index contributed by atoms with van der Waals surface area (Å²) in [4.78, 5) is 11.7. The Kier molecular flexibility index (Phi) is 2.41. The third-order valence-corrected chi connectivity index (χ3v) is 2.91. The van der Waals surface area contributed by atoms with Crippen LogP contribution in [-0.4, -0.2) is 15.4 Å². The number of aromatic nitrogens is 3. The minimum absolute atomic E-state index is 0.311. The van der Waals surface area contributed by atoms with E-state index >= 15 is 0 Å². The fraction of sp³-hybridized carbons (Fsp3) is 0.0833. The molecular weight excluding hydrogens is 254 g/mol. The smallest absolute Gasteiger partial charge is 0.277 e. The number of hydrogen-bond donors (Lipinski definition) is 1. The molecule has 0 bridgehead atoms. The standard InChI is InChI=1S/C12H8ClN3O2/c1-6-9-11(18-16-6)10(14-15-12(9)17)7-3-2-4-8(13)5-7/h2-5H,1H3,(H,15,17). The lowest BCUT2D eigenvalue weighted by atomic mass is 10.1. The highest BCUT2D eigenvalue weighted by molar-refractivity contribution is 6.30. The van der Waals surface area contributed by atoms with Crippen LogP contribution in [0.5, 0.6) is 0 Å². The van der Waals surface area contributed by atoms with E-state index in [-0.39, 0.29) is 5.56 Å². The number of H-pyrrole nitrogens is 1. The summed E-state index contributed by atoms with van der Waals surface area (Å²) in [5.41, 5.74) is 1.89. The fourth-order valence-corrected chi connectivity index (χ4v) is 2.03. The van der Waals surface area contributed by atoms with E-state index in [4.69, 9.17) is 16.1 Å². The van der Waals surface area contributed by atoms with Crippen molar-refractivity contribution in [3.8, 4) is 11.3 Å². The van der Waals surface area contributed by atoms with Gasteiger partial charge in [-0.05, 0) is 19.1 Å². The number of aromatic amines is 1. The fourth-order valence-electron chi connectivity index (χ4n) is 1.84. The molecule has 0 aliphatic heterocycles. The van der Waals surface area contributed by atoms with Crippen LogP contribution in [0, 0.1) is 6.92 Å². The first-order valence-electron chi connectivity index (χ1n) is 5.27. The molecule has 90 valence electrons. The molecular formula is C12H8ClN3O2. The van der Waals surface area contributed by atoms with Gasteiger partial charge in [-0.15, -0.1) is 0 Å². The van der Waals surface area contributed by atoms with Gasteiger partial charge in [-0.25, -0.2) is 5.10 Å². The van der Waals surface area contributed by atoms with Crippen molar-refractivity contribution in [3.63, 3.8) is 0 Å². The van der Waals surface area contributed by atoms with Gasteiger partial charge < -0.3 is 4.52 Å². The van der Waals surface area contributed by atoms with Crippen molar-refractivity contribution in [1.82, 2.24) is 15.4 Å². The van der Waals surface area contributed by atoms with Gasteiger partial charge in [-0.2, -0.15) is 5.10 Å². The minimum atomic E-state index is -0.311. The van der Waals surface area contributed by atoms with Crippen LogP contribution in [0.2, 0.25) is 5.02 Å². The molecule has 0 radical (unpaired) electrons. The zero-order chi connectivity index (χ0) is 12.7. The van der Waals surface area contributed by atoms with E-state index in [1.807, 2.05) is 6.07 Å². The molecule has 6 heteroatoms. The van der Waals surface area contributed by atoms with Gasteiger partial charge in [0, 0.05) is 10.6 Å². The van der Waals surface area contributed by atoms with Crippen LogP contribution < -0.4 is 5.56 Å². The second-order valence-electron chi connectivity index (χ2n) is 3.88. The SMILES string of the molecule is Cc1noc2c(-c3cccc(Cl)c3)n[nH]c(=O)c12. The van der Waals surface area contributed by atoms with Crippen LogP contribution in [0.1, 0.15) is 5.69 Å². The van der Waals surface area contributed by atoms with Gasteiger partial charge in [0.15, 0.2) is 0 Å². The molecule has 0 saturated heterocycles. The number of benzene rings is 1. The van der Waals surface area contributed by atoms with Crippen LogP contribution in [0.15, 0.2) is 33.6 Å². The van der Waals surface area contributed by atoms with Crippen molar-refractivity contribution in [1.29, 1.82) is 0 Å². The van der Waals surface area contributed by atoms with Crippen LogP contribution in [0.4, 0.5) is 0 Å². The van der Waals surface area contributed by atoms with Crippen LogP contribution in [-0.2, 0) is 0 Å². The largest absolute Gasteiger partial charge is 0.353 e. The van der Waals surface area contributed by atoms with Gasteiger partial charge in [-0.3, -0.25) is 4.79 Å². The van der Waals surface area contributed by atoms with Gasteiger partial charge >= 0.3 is 0 Å². The molecule has 0 atom stereocenters. The molecule has 0 saturated carbocycles. The molecule has 0 unspecified atom stereocenters. The lowest BCUT2D eigenvalue weighted by Crippen LogP contribution is -2.09. The quantitative estimate of drug-likeness (QED) is 0.731. The molecule has 3 rings (SSSR count). The molecule has 2 aromatic heterocycles. The van der Waals surface area contributed by atoms with Crippen molar-refractivity contribution in [2.24, 2.45) is 0 Å². The molecule has 0 aliphatic rings. The molecule has 0 amide bonds. The van der Waals surface area contributed by atoms with E-state index in [2.05, 4.69) is 15.4 Å². The number of nitrogens with one attached hydrogen (secondary N) is 1. The normalized spacial score (nSPS) is 11.0. The van der Waals surface area contributed by atoms with E-state index in [1.165, 1.54) is 0 Å². The highest BCUT2D eigenvalue weighted by atomic mass is 35.5. The Morgan fingerprint density at radius 2 is 2.22 bits per heavy atom. The molecule has 3 aromatic rings. The van der Waals surface area contributed by atoms with E-state index in [0.717, 1.165) is 5.56 Å². The van der Waals surface area contributed by atoms with Gasteiger partial charge in [0.05, 0.1) is 5.69 Å². The van der Waals surface area contributed by atoms with Crippen molar-refractivity contribution < 1.29 is 4.52 Å². The Morgan fingerprint density at radius 3 is 3.00 bits per heavy atom.